The van der Waals surface area contributed by atoms with Gasteiger partial charge < -0.3 is 10.6 Å². The maximum Gasteiger partial charge on any atom is 0.269 e. The van der Waals surface area contributed by atoms with Gasteiger partial charge in [0.15, 0.2) is 5.11 Å². The molecule has 0 saturated heterocycles. The van der Waals surface area contributed by atoms with E-state index in [1.54, 1.807) is 24.3 Å². The monoisotopic (exact) mass is 474 g/mol. The first-order chi connectivity index (χ1) is 16.3. The van der Waals surface area contributed by atoms with E-state index in [9.17, 15) is 19.7 Å². The fourth-order valence-corrected chi connectivity index (χ4v) is 3.29. The van der Waals surface area contributed by atoms with Crippen LogP contribution in [0.5, 0.6) is 0 Å². The van der Waals surface area contributed by atoms with Gasteiger partial charge in [-0.3, -0.25) is 25.0 Å². The second-order valence-corrected chi connectivity index (χ2v) is 7.69. The Morgan fingerprint density at radius 2 is 1.62 bits per heavy atom. The zero-order chi connectivity index (χ0) is 24.5. The average molecular weight is 475 g/mol. The third-order valence-corrected chi connectivity index (χ3v) is 5.04. The summed E-state index contributed by atoms with van der Waals surface area (Å²) in [6.07, 6.45) is 2.77. The molecule has 3 aromatic rings. The van der Waals surface area contributed by atoms with E-state index in [0.29, 0.717) is 16.8 Å². The van der Waals surface area contributed by atoms with Crippen LogP contribution in [0.4, 0.5) is 11.4 Å². The largest absolute Gasteiger partial charge is 0.345 e. The summed E-state index contributed by atoms with van der Waals surface area (Å²) in [5.74, 6) is -0.776. The molecule has 172 valence electrons. The molecule has 3 aromatic carbocycles. The van der Waals surface area contributed by atoms with E-state index in [4.69, 9.17) is 12.2 Å². The first kappa shape index (κ1) is 24.3. The predicted octanol–water partition coefficient (Wildman–Crippen LogP) is 4.61. The van der Waals surface area contributed by atoms with Crippen LogP contribution in [0.1, 0.15) is 34.5 Å². The summed E-state index contributed by atoms with van der Waals surface area (Å²) in [4.78, 5) is 35.3. The van der Waals surface area contributed by atoms with Crippen LogP contribution in [0, 0.1) is 10.1 Å². The van der Waals surface area contributed by atoms with E-state index < -0.39 is 10.8 Å². The van der Waals surface area contributed by atoms with Gasteiger partial charge in [-0.1, -0.05) is 42.5 Å². The van der Waals surface area contributed by atoms with E-state index in [2.05, 4.69) is 16.0 Å². The average Bonchev–Trinajstić information content (AvgIpc) is 2.83. The van der Waals surface area contributed by atoms with Crippen molar-refractivity contribution in [1.82, 2.24) is 10.6 Å². The number of anilines is 1. The molecule has 3 N–H and O–H groups in total. The number of rotatable bonds is 7. The maximum absolute atomic E-state index is 12.8. The van der Waals surface area contributed by atoms with Crippen molar-refractivity contribution in [2.45, 2.75) is 13.0 Å². The highest BCUT2D eigenvalue weighted by Gasteiger charge is 2.15. The number of nitrogens with one attached hydrogen (secondary N) is 3. The second kappa shape index (κ2) is 11.5. The van der Waals surface area contributed by atoms with Crippen LogP contribution < -0.4 is 16.0 Å². The Kier molecular flexibility index (Phi) is 8.20. The van der Waals surface area contributed by atoms with Crippen molar-refractivity contribution in [2.24, 2.45) is 0 Å². The maximum atomic E-state index is 12.8. The van der Waals surface area contributed by atoms with Gasteiger partial charge in [-0.05, 0) is 60.6 Å². The number of nitro benzene ring substituents is 1. The Morgan fingerprint density at radius 3 is 2.29 bits per heavy atom. The lowest BCUT2D eigenvalue weighted by molar-refractivity contribution is -0.384. The number of nitrogens with zero attached hydrogens (tertiary/aromatic N) is 1. The van der Waals surface area contributed by atoms with E-state index in [-0.39, 0.29) is 22.7 Å². The SMILES string of the molecule is CC(NC(=O)c1ccccc1NC(=S)NC(=O)/C=C/c1ccc([N+](=O)[O-])cc1)c1ccccc1. The molecule has 9 heteroatoms. The van der Waals surface area contributed by atoms with Gasteiger partial charge in [-0.15, -0.1) is 0 Å². The Bertz CT molecular complexity index is 1230. The summed E-state index contributed by atoms with van der Waals surface area (Å²) < 4.78 is 0. The lowest BCUT2D eigenvalue weighted by Gasteiger charge is -2.17. The normalized spacial score (nSPS) is 11.4. The number of carbonyl (C=O) groups excluding carboxylic acids is 2. The second-order valence-electron chi connectivity index (χ2n) is 7.28. The van der Waals surface area contributed by atoms with Crippen molar-refractivity contribution in [3.63, 3.8) is 0 Å². The zero-order valence-corrected chi connectivity index (χ0v) is 19.0. The molecule has 0 radical (unpaired) electrons. The number of non-ortho nitro benzene ring substituents is 1. The van der Waals surface area contributed by atoms with Gasteiger partial charge in [0, 0.05) is 18.2 Å². The van der Waals surface area contributed by atoms with Crippen LogP contribution >= 0.6 is 12.2 Å². The summed E-state index contributed by atoms with van der Waals surface area (Å²) in [6, 6.07) is 22.0. The smallest absolute Gasteiger partial charge is 0.269 e. The van der Waals surface area contributed by atoms with Gasteiger partial charge in [0.25, 0.3) is 11.6 Å². The van der Waals surface area contributed by atoms with Crippen molar-refractivity contribution in [3.8, 4) is 0 Å². The number of carbonyl (C=O) groups is 2. The van der Waals surface area contributed by atoms with E-state index >= 15 is 0 Å². The highest BCUT2D eigenvalue weighted by Crippen LogP contribution is 2.18. The third-order valence-electron chi connectivity index (χ3n) is 4.83. The highest BCUT2D eigenvalue weighted by atomic mass is 32.1. The van der Waals surface area contributed by atoms with Gasteiger partial charge in [0.1, 0.15) is 0 Å². The molecule has 3 rings (SSSR count). The minimum Gasteiger partial charge on any atom is -0.345 e. The lowest BCUT2D eigenvalue weighted by Crippen LogP contribution is -2.34. The summed E-state index contributed by atoms with van der Waals surface area (Å²) in [5, 5.41) is 19.1. The first-order valence-electron chi connectivity index (χ1n) is 10.3. The molecule has 0 aliphatic rings. The summed E-state index contributed by atoms with van der Waals surface area (Å²) in [5.41, 5.74) is 2.39. The fourth-order valence-electron chi connectivity index (χ4n) is 3.08. The number of amides is 2. The number of hydrogen-bond acceptors (Lipinski definition) is 5. The van der Waals surface area contributed by atoms with Gasteiger partial charge in [-0.2, -0.15) is 0 Å². The minimum atomic E-state index is -0.495. The molecule has 1 atom stereocenters. The molecule has 0 saturated carbocycles. The summed E-state index contributed by atoms with van der Waals surface area (Å²) >= 11 is 5.22. The first-order valence-corrected chi connectivity index (χ1v) is 10.7. The Morgan fingerprint density at radius 1 is 0.971 bits per heavy atom. The predicted molar refractivity (Wildman–Crippen MR) is 135 cm³/mol. The van der Waals surface area contributed by atoms with Gasteiger partial charge >= 0.3 is 0 Å². The number of hydrogen-bond donors (Lipinski definition) is 3. The number of benzene rings is 3. The number of nitro groups is 1. The standard InChI is InChI=1S/C25H22N4O4S/c1-17(19-7-3-2-4-8-19)26-24(31)21-9-5-6-10-22(21)27-25(34)28-23(30)16-13-18-11-14-20(15-12-18)29(32)33/h2-17H,1H3,(H,26,31)(H2,27,28,30,34)/b16-13+. The van der Waals surface area contributed by atoms with E-state index in [1.165, 1.54) is 36.4 Å². The molecule has 1 unspecified atom stereocenters. The lowest BCUT2D eigenvalue weighted by atomic mass is 10.1. The quantitative estimate of drug-likeness (QED) is 0.199. The molecule has 0 fully saturated rings. The number of para-hydroxylation sites is 1. The highest BCUT2D eigenvalue weighted by molar-refractivity contribution is 7.80. The molecule has 0 aliphatic heterocycles. The zero-order valence-electron chi connectivity index (χ0n) is 18.2. The molecule has 2 amide bonds. The Balaban J connectivity index is 1.60. The van der Waals surface area contributed by atoms with Crippen LogP contribution in [0.15, 0.2) is 84.9 Å². The number of thiocarbonyl (C=S) groups is 1. The van der Waals surface area contributed by atoms with Crippen molar-refractivity contribution >= 4 is 46.6 Å². The van der Waals surface area contributed by atoms with Crippen LogP contribution in [0.2, 0.25) is 0 Å². The van der Waals surface area contributed by atoms with Gasteiger partial charge in [0.05, 0.1) is 22.2 Å². The fraction of sp³-hybridized carbons (Fsp3) is 0.0800. The molecule has 0 aliphatic carbocycles. The molecular formula is C25H22N4O4S. The van der Waals surface area contributed by atoms with Crippen LogP contribution in [-0.2, 0) is 4.79 Å². The topological polar surface area (TPSA) is 113 Å². The summed E-state index contributed by atoms with van der Waals surface area (Å²) in [6.45, 7) is 1.89. The molecule has 34 heavy (non-hydrogen) atoms. The summed E-state index contributed by atoms with van der Waals surface area (Å²) in [7, 11) is 0. The third kappa shape index (κ3) is 6.81. The van der Waals surface area contributed by atoms with Gasteiger partial charge in [-0.25, -0.2) is 0 Å². The molecule has 0 bridgehead atoms. The minimum absolute atomic E-state index is 0.0229. The van der Waals surface area contributed by atoms with Crippen LogP contribution in [0.25, 0.3) is 6.08 Å². The Hall–Kier alpha value is -4.37. The van der Waals surface area contributed by atoms with E-state index in [0.717, 1.165) is 5.56 Å². The molecule has 0 heterocycles. The van der Waals surface area contributed by atoms with Crippen molar-refractivity contribution in [3.05, 3.63) is 112 Å². The van der Waals surface area contributed by atoms with Crippen LogP contribution in [0.3, 0.4) is 0 Å². The van der Waals surface area contributed by atoms with Crippen molar-refractivity contribution < 1.29 is 14.5 Å². The van der Waals surface area contributed by atoms with Crippen molar-refractivity contribution in [2.75, 3.05) is 5.32 Å². The molecular weight excluding hydrogens is 452 g/mol. The van der Waals surface area contributed by atoms with Gasteiger partial charge in [0.2, 0.25) is 5.91 Å². The molecule has 8 nitrogen and oxygen atoms in total. The van der Waals surface area contributed by atoms with E-state index in [1.807, 2.05) is 37.3 Å². The van der Waals surface area contributed by atoms with Crippen LogP contribution in [-0.4, -0.2) is 21.9 Å². The Labute approximate surface area is 201 Å². The molecule has 0 aromatic heterocycles. The molecule has 0 spiro atoms. The van der Waals surface area contributed by atoms with Crippen molar-refractivity contribution in [1.29, 1.82) is 0 Å².